The van der Waals surface area contributed by atoms with E-state index in [4.69, 9.17) is 14.2 Å². The maximum absolute atomic E-state index is 14.4. The Morgan fingerprint density at radius 3 is 2.76 bits per heavy atom. The van der Waals surface area contributed by atoms with Gasteiger partial charge in [0.25, 0.3) is 0 Å². The first kappa shape index (κ1) is 27.1. The van der Waals surface area contributed by atoms with Crippen LogP contribution in [0, 0.1) is 28.6 Å². The summed E-state index contributed by atoms with van der Waals surface area (Å²) in [6.07, 6.45) is 8.50. The molecule has 216 valence electrons. The van der Waals surface area contributed by atoms with Crippen molar-refractivity contribution in [2.24, 2.45) is 28.6 Å². The molecule has 0 aromatic heterocycles. The minimum absolute atomic E-state index is 0.0174. The fourth-order valence-electron chi connectivity index (χ4n) is 9.52. The van der Waals surface area contributed by atoms with E-state index in [1.54, 1.807) is 12.2 Å². The quantitative estimate of drug-likeness (QED) is 0.473. The fraction of sp³-hybridized carbons (Fsp3) is 0.543. The standard InChI is InChI=1S/C35H40O6/c1-4-7-31-40-30-18-27-26-13-11-23-17-24(36)14-15-33(23,2)32(26)28(37)19-34(27,3)35(30,41-31)29(38)20-39-25-12-10-21-8-5-6-9-22(21)16-25/h5-6,8-10,12,14-17,26-28,30-32,37H,4,7,11,13,18-20H2,1-3H3/t26?,27?,28-,30-,31?,32?,33?,34?,35+/m0/s1. The summed E-state index contributed by atoms with van der Waals surface area (Å²) in [7, 11) is 0. The highest BCUT2D eigenvalue weighted by atomic mass is 16.7. The van der Waals surface area contributed by atoms with Crippen molar-refractivity contribution in [2.45, 2.75) is 83.4 Å². The van der Waals surface area contributed by atoms with E-state index < -0.39 is 23.4 Å². The fourth-order valence-corrected chi connectivity index (χ4v) is 9.52. The predicted octanol–water partition coefficient (Wildman–Crippen LogP) is 5.96. The van der Waals surface area contributed by atoms with Crippen molar-refractivity contribution in [3.63, 3.8) is 0 Å². The Morgan fingerprint density at radius 1 is 1.15 bits per heavy atom. The van der Waals surface area contributed by atoms with Crippen LogP contribution < -0.4 is 4.74 Å². The second kappa shape index (κ2) is 9.62. The van der Waals surface area contributed by atoms with E-state index >= 15 is 0 Å². The Labute approximate surface area is 241 Å². The number of hydrogen-bond donors (Lipinski definition) is 1. The maximum Gasteiger partial charge on any atom is 0.205 e. The molecule has 1 aliphatic heterocycles. The van der Waals surface area contributed by atoms with Crippen LogP contribution in [0.2, 0.25) is 0 Å². The van der Waals surface area contributed by atoms with Gasteiger partial charge < -0.3 is 19.3 Å². The van der Waals surface area contributed by atoms with Crippen molar-refractivity contribution < 1.29 is 28.9 Å². The lowest BCUT2D eigenvalue weighted by molar-refractivity contribution is -0.200. The van der Waals surface area contributed by atoms with Gasteiger partial charge in [-0.15, -0.1) is 0 Å². The summed E-state index contributed by atoms with van der Waals surface area (Å²) in [4.78, 5) is 26.6. The molecule has 6 heteroatoms. The van der Waals surface area contributed by atoms with Gasteiger partial charge in [-0.2, -0.15) is 0 Å². The van der Waals surface area contributed by atoms with Crippen LogP contribution in [0.1, 0.15) is 59.3 Å². The van der Waals surface area contributed by atoms with Crippen molar-refractivity contribution in [1.29, 1.82) is 0 Å². The lowest BCUT2D eigenvalue weighted by Crippen LogP contribution is -2.63. The van der Waals surface area contributed by atoms with Crippen molar-refractivity contribution >= 4 is 22.3 Å². The van der Waals surface area contributed by atoms with Gasteiger partial charge in [0.15, 0.2) is 17.7 Å². The monoisotopic (exact) mass is 556 g/mol. The highest BCUT2D eigenvalue weighted by Crippen LogP contribution is 2.69. The number of carbonyl (C=O) groups is 2. The highest BCUT2D eigenvalue weighted by Gasteiger charge is 2.75. The van der Waals surface area contributed by atoms with Gasteiger partial charge in [-0.1, -0.05) is 69.2 Å². The number of rotatable bonds is 6. The zero-order valence-corrected chi connectivity index (χ0v) is 24.2. The second-order valence-corrected chi connectivity index (χ2v) is 13.4. The molecule has 0 amide bonds. The molecule has 7 rings (SSSR count). The molecule has 1 saturated heterocycles. The summed E-state index contributed by atoms with van der Waals surface area (Å²) in [6.45, 7) is 6.30. The highest BCUT2D eigenvalue weighted by molar-refractivity contribution is 6.01. The van der Waals surface area contributed by atoms with Crippen LogP contribution in [0.15, 0.2) is 66.3 Å². The second-order valence-electron chi connectivity index (χ2n) is 13.4. The molecule has 9 atom stereocenters. The van der Waals surface area contributed by atoms with Gasteiger partial charge in [0.05, 0.1) is 12.2 Å². The largest absolute Gasteiger partial charge is 0.486 e. The minimum Gasteiger partial charge on any atom is -0.486 e. The number of Topliss-reactive ketones (excluding diaryl/α,β-unsaturated/α-hetero) is 1. The molecule has 0 radical (unpaired) electrons. The topological polar surface area (TPSA) is 82.1 Å². The van der Waals surface area contributed by atoms with E-state index in [0.29, 0.717) is 12.2 Å². The maximum atomic E-state index is 14.4. The van der Waals surface area contributed by atoms with Crippen molar-refractivity contribution in [2.75, 3.05) is 6.61 Å². The molecule has 2 aromatic carbocycles. The van der Waals surface area contributed by atoms with Crippen LogP contribution in [0.25, 0.3) is 10.8 Å². The van der Waals surface area contributed by atoms with Gasteiger partial charge in [-0.3, -0.25) is 9.59 Å². The molecule has 5 aliphatic rings. The Hall–Kier alpha value is -2.80. The molecule has 0 spiro atoms. The summed E-state index contributed by atoms with van der Waals surface area (Å²) in [5.74, 6) is 0.901. The van der Waals surface area contributed by atoms with Crippen LogP contribution in [0.5, 0.6) is 5.75 Å². The number of carbonyl (C=O) groups excluding carboxylic acids is 2. The molecule has 1 heterocycles. The molecule has 3 saturated carbocycles. The first-order valence-electron chi connectivity index (χ1n) is 15.3. The van der Waals surface area contributed by atoms with Crippen LogP contribution in [0.3, 0.4) is 0 Å². The third-order valence-corrected chi connectivity index (χ3v) is 11.3. The van der Waals surface area contributed by atoms with E-state index in [-0.39, 0.29) is 47.4 Å². The van der Waals surface area contributed by atoms with E-state index in [2.05, 4.69) is 26.8 Å². The number of aliphatic hydroxyl groups excluding tert-OH is 1. The number of fused-ring (bicyclic) bond motifs is 8. The van der Waals surface area contributed by atoms with Crippen LogP contribution in [-0.4, -0.2) is 47.4 Å². The number of hydrogen-bond acceptors (Lipinski definition) is 6. The first-order valence-corrected chi connectivity index (χ1v) is 15.3. The Bertz CT molecular complexity index is 1460. The summed E-state index contributed by atoms with van der Waals surface area (Å²) >= 11 is 0. The smallest absolute Gasteiger partial charge is 0.205 e. The van der Waals surface area contributed by atoms with E-state index in [1.165, 1.54) is 0 Å². The van der Waals surface area contributed by atoms with Gasteiger partial charge in [0.2, 0.25) is 5.78 Å². The molecule has 41 heavy (non-hydrogen) atoms. The molecule has 0 bridgehead atoms. The number of aliphatic hydroxyl groups is 1. The average molecular weight is 557 g/mol. The van der Waals surface area contributed by atoms with Crippen LogP contribution in [0.4, 0.5) is 0 Å². The Kier molecular flexibility index (Phi) is 6.35. The van der Waals surface area contributed by atoms with Crippen molar-refractivity contribution in [1.82, 2.24) is 0 Å². The number of ether oxygens (including phenoxy) is 3. The number of ketones is 2. The molecule has 6 unspecified atom stereocenters. The molecule has 6 nitrogen and oxygen atoms in total. The SMILES string of the molecule is CCCC1O[C@H]2CC3C4CCC5=CC(=O)C=CC5(C)C4[C@@H](O)CC3(C)[C@]2(C(=O)COc2ccc3ccccc3c2)O1. The molecule has 1 N–H and O–H groups in total. The van der Waals surface area contributed by atoms with Crippen molar-refractivity contribution in [3.05, 3.63) is 66.3 Å². The van der Waals surface area contributed by atoms with E-state index in [1.807, 2.05) is 42.5 Å². The van der Waals surface area contributed by atoms with Gasteiger partial charge in [-0.05, 0) is 79.0 Å². The Morgan fingerprint density at radius 2 is 1.95 bits per heavy atom. The number of benzene rings is 2. The average Bonchev–Trinajstić information content (AvgIpc) is 3.44. The van der Waals surface area contributed by atoms with Crippen molar-refractivity contribution in [3.8, 4) is 5.75 Å². The van der Waals surface area contributed by atoms with Gasteiger partial charge in [0, 0.05) is 16.7 Å². The predicted molar refractivity (Wildman–Crippen MR) is 155 cm³/mol. The normalized spacial score (nSPS) is 40.9. The Balaban J connectivity index is 1.21. The zero-order valence-electron chi connectivity index (χ0n) is 24.2. The van der Waals surface area contributed by atoms with Gasteiger partial charge in [0.1, 0.15) is 12.4 Å². The molecule has 2 aromatic rings. The zero-order chi connectivity index (χ0) is 28.6. The molecule has 4 fully saturated rings. The van der Waals surface area contributed by atoms with Gasteiger partial charge in [-0.25, -0.2) is 0 Å². The summed E-state index contributed by atoms with van der Waals surface area (Å²) in [5.41, 5.74) is -1.01. The molecular formula is C35H40O6. The van der Waals surface area contributed by atoms with Crippen LogP contribution in [-0.2, 0) is 19.1 Å². The third-order valence-electron chi connectivity index (χ3n) is 11.3. The minimum atomic E-state index is -1.17. The van der Waals surface area contributed by atoms with E-state index in [9.17, 15) is 14.7 Å². The molecular weight excluding hydrogens is 516 g/mol. The lowest BCUT2D eigenvalue weighted by Gasteiger charge is -2.59. The molecule has 4 aliphatic carbocycles. The summed E-state index contributed by atoms with van der Waals surface area (Å²) in [6, 6.07) is 14.0. The van der Waals surface area contributed by atoms with Gasteiger partial charge >= 0.3 is 0 Å². The van der Waals surface area contributed by atoms with Crippen LogP contribution >= 0.6 is 0 Å². The third kappa shape index (κ3) is 3.87. The number of allylic oxidation sites excluding steroid dienone is 4. The van der Waals surface area contributed by atoms with E-state index in [0.717, 1.165) is 48.4 Å². The summed E-state index contributed by atoms with van der Waals surface area (Å²) in [5, 5.41) is 14.1. The lowest BCUT2D eigenvalue weighted by atomic mass is 9.46. The summed E-state index contributed by atoms with van der Waals surface area (Å²) < 4.78 is 19.4. The first-order chi connectivity index (χ1) is 19.7.